The van der Waals surface area contributed by atoms with Crippen molar-refractivity contribution in [2.24, 2.45) is 0 Å². The molecule has 0 bridgehead atoms. The third kappa shape index (κ3) is 6.62. The second-order valence-corrected chi connectivity index (χ2v) is 7.94. The van der Waals surface area contributed by atoms with Gasteiger partial charge in [0, 0.05) is 12.3 Å². The van der Waals surface area contributed by atoms with Crippen LogP contribution in [0, 0.1) is 6.92 Å². The fourth-order valence-electron chi connectivity index (χ4n) is 1.81. The molecular formula is C15H23ClO5S. The lowest BCUT2D eigenvalue weighted by atomic mass is 10.1. The summed E-state index contributed by atoms with van der Waals surface area (Å²) in [7, 11) is -4.02. The number of aliphatic hydroxyl groups is 1. The van der Waals surface area contributed by atoms with E-state index >= 15 is 0 Å². The monoisotopic (exact) mass is 350 g/mol. The zero-order valence-corrected chi connectivity index (χ0v) is 14.8. The van der Waals surface area contributed by atoms with E-state index in [1.165, 1.54) is 12.1 Å². The summed E-state index contributed by atoms with van der Waals surface area (Å²) in [5.74, 6) is 0.127. The van der Waals surface area contributed by atoms with E-state index in [2.05, 4.69) is 0 Å². The Balaban J connectivity index is 2.70. The van der Waals surface area contributed by atoms with Gasteiger partial charge in [0.2, 0.25) is 0 Å². The van der Waals surface area contributed by atoms with Gasteiger partial charge in [-0.15, -0.1) is 11.6 Å². The SMILES string of the molecule is Cc1ccc(S(=O)(=O)OC(O)CC(CCl)OC(C)(C)C)cc1. The smallest absolute Gasteiger partial charge is 0.299 e. The molecule has 0 aliphatic rings. The van der Waals surface area contributed by atoms with Crippen LogP contribution in [0.5, 0.6) is 0 Å². The summed E-state index contributed by atoms with van der Waals surface area (Å²) in [6, 6.07) is 6.18. The summed E-state index contributed by atoms with van der Waals surface area (Å²) in [4.78, 5) is -0.00341. The molecular weight excluding hydrogens is 328 g/mol. The van der Waals surface area contributed by atoms with Crippen molar-refractivity contribution in [3.8, 4) is 0 Å². The number of aryl methyl sites for hydroxylation is 1. The highest BCUT2D eigenvalue weighted by atomic mass is 35.5. The average molecular weight is 351 g/mol. The Morgan fingerprint density at radius 3 is 2.23 bits per heavy atom. The molecule has 1 aromatic rings. The molecule has 126 valence electrons. The van der Waals surface area contributed by atoms with E-state index in [9.17, 15) is 13.5 Å². The van der Waals surface area contributed by atoms with Gasteiger partial charge in [-0.3, -0.25) is 0 Å². The van der Waals surface area contributed by atoms with Crippen LogP contribution in [0.25, 0.3) is 0 Å². The number of ether oxygens (including phenoxy) is 1. The summed E-state index contributed by atoms with van der Waals surface area (Å²) in [6.45, 7) is 7.40. The van der Waals surface area contributed by atoms with Crippen LogP contribution in [0.15, 0.2) is 29.2 Å². The predicted molar refractivity (Wildman–Crippen MR) is 85.4 cm³/mol. The molecule has 5 nitrogen and oxygen atoms in total. The first-order chi connectivity index (χ1) is 10.0. The molecule has 2 unspecified atom stereocenters. The normalized spacial score (nSPS) is 15.5. The Bertz CT molecular complexity index is 563. The number of benzene rings is 1. The van der Waals surface area contributed by atoms with Crippen molar-refractivity contribution in [2.45, 2.75) is 57.0 Å². The van der Waals surface area contributed by atoms with Crippen LogP contribution in [0.3, 0.4) is 0 Å². The van der Waals surface area contributed by atoms with Crippen molar-refractivity contribution >= 4 is 21.7 Å². The largest absolute Gasteiger partial charge is 0.371 e. The van der Waals surface area contributed by atoms with Gasteiger partial charge in [0.15, 0.2) is 6.29 Å². The molecule has 22 heavy (non-hydrogen) atoms. The summed E-state index contributed by atoms with van der Waals surface area (Å²) in [5, 5.41) is 9.86. The Labute approximate surface area is 137 Å². The predicted octanol–water partition coefficient (Wildman–Crippen LogP) is 2.83. The molecule has 1 rings (SSSR count). The number of hydrogen-bond donors (Lipinski definition) is 1. The van der Waals surface area contributed by atoms with Gasteiger partial charge in [-0.25, -0.2) is 4.18 Å². The molecule has 0 radical (unpaired) electrons. The number of halogens is 1. The molecule has 0 fully saturated rings. The van der Waals surface area contributed by atoms with Crippen LogP contribution >= 0.6 is 11.6 Å². The molecule has 1 N–H and O–H groups in total. The number of hydrogen-bond acceptors (Lipinski definition) is 5. The highest BCUT2D eigenvalue weighted by molar-refractivity contribution is 7.86. The van der Waals surface area contributed by atoms with Gasteiger partial charge in [0.25, 0.3) is 10.1 Å². The Kier molecular flexibility index (Phi) is 6.83. The van der Waals surface area contributed by atoms with Gasteiger partial charge < -0.3 is 9.84 Å². The highest BCUT2D eigenvalue weighted by Gasteiger charge is 2.25. The Morgan fingerprint density at radius 1 is 1.23 bits per heavy atom. The molecule has 0 saturated carbocycles. The molecule has 0 spiro atoms. The Hall–Kier alpha value is -0.660. The molecule has 0 amide bonds. The molecule has 0 aromatic heterocycles. The van der Waals surface area contributed by atoms with E-state index in [1.807, 2.05) is 27.7 Å². The third-order valence-electron chi connectivity index (χ3n) is 2.70. The van der Waals surface area contributed by atoms with Crippen LogP contribution in [-0.2, 0) is 19.0 Å². The molecule has 7 heteroatoms. The minimum absolute atomic E-state index is 0.00341. The fourth-order valence-corrected chi connectivity index (χ4v) is 2.95. The van der Waals surface area contributed by atoms with Crippen molar-refractivity contribution < 1.29 is 22.4 Å². The van der Waals surface area contributed by atoms with E-state index in [-0.39, 0.29) is 17.2 Å². The summed E-state index contributed by atoms with van der Waals surface area (Å²) < 4.78 is 34.5. The van der Waals surface area contributed by atoms with E-state index in [1.54, 1.807) is 12.1 Å². The van der Waals surface area contributed by atoms with Gasteiger partial charge in [0.1, 0.15) is 0 Å². The Morgan fingerprint density at radius 2 is 1.77 bits per heavy atom. The minimum Gasteiger partial charge on any atom is -0.371 e. The standard InChI is InChI=1S/C15H23ClO5S/c1-11-5-7-13(8-6-11)22(18,19)21-14(17)9-12(10-16)20-15(2,3)4/h5-8,12,14,17H,9-10H2,1-4H3. The molecule has 0 aliphatic heterocycles. The lowest BCUT2D eigenvalue weighted by Gasteiger charge is -2.27. The summed E-state index contributed by atoms with van der Waals surface area (Å²) in [5.41, 5.74) is 0.482. The maximum atomic E-state index is 12.1. The maximum absolute atomic E-state index is 12.1. The van der Waals surface area contributed by atoms with E-state index in [0.29, 0.717) is 0 Å². The first-order valence-electron chi connectivity index (χ1n) is 6.95. The van der Waals surface area contributed by atoms with Crippen LogP contribution < -0.4 is 0 Å². The van der Waals surface area contributed by atoms with E-state index in [0.717, 1.165) is 5.56 Å². The first kappa shape index (κ1) is 19.4. The van der Waals surface area contributed by atoms with Gasteiger partial charge in [0.05, 0.1) is 16.6 Å². The topological polar surface area (TPSA) is 72.8 Å². The lowest BCUT2D eigenvalue weighted by Crippen LogP contribution is -2.33. The summed E-state index contributed by atoms with van der Waals surface area (Å²) in [6.07, 6.45) is -2.06. The second-order valence-electron chi connectivity index (χ2n) is 6.06. The highest BCUT2D eigenvalue weighted by Crippen LogP contribution is 2.19. The maximum Gasteiger partial charge on any atom is 0.299 e. The van der Waals surface area contributed by atoms with Gasteiger partial charge in [-0.2, -0.15) is 8.42 Å². The molecule has 0 aliphatic carbocycles. The van der Waals surface area contributed by atoms with Gasteiger partial charge in [-0.05, 0) is 39.8 Å². The molecule has 0 saturated heterocycles. The number of aliphatic hydroxyl groups excluding tert-OH is 1. The van der Waals surface area contributed by atoms with E-state index < -0.39 is 28.1 Å². The van der Waals surface area contributed by atoms with Crippen molar-refractivity contribution in [3.05, 3.63) is 29.8 Å². The van der Waals surface area contributed by atoms with Crippen LogP contribution in [0.2, 0.25) is 0 Å². The quantitative estimate of drug-likeness (QED) is 0.465. The van der Waals surface area contributed by atoms with Crippen molar-refractivity contribution in [1.29, 1.82) is 0 Å². The van der Waals surface area contributed by atoms with Crippen molar-refractivity contribution in [3.63, 3.8) is 0 Å². The molecule has 1 aromatic carbocycles. The summed E-state index contributed by atoms with van der Waals surface area (Å²) >= 11 is 5.78. The van der Waals surface area contributed by atoms with Gasteiger partial charge in [-0.1, -0.05) is 17.7 Å². The van der Waals surface area contributed by atoms with Crippen LogP contribution in [-0.4, -0.2) is 37.4 Å². The minimum atomic E-state index is -4.02. The lowest BCUT2D eigenvalue weighted by molar-refractivity contribution is -0.0993. The zero-order valence-electron chi connectivity index (χ0n) is 13.2. The molecule has 0 heterocycles. The third-order valence-corrected chi connectivity index (χ3v) is 4.37. The number of rotatable bonds is 7. The van der Waals surface area contributed by atoms with E-state index in [4.69, 9.17) is 20.5 Å². The number of alkyl halides is 1. The second kappa shape index (κ2) is 7.75. The van der Waals surface area contributed by atoms with Crippen molar-refractivity contribution in [1.82, 2.24) is 0 Å². The van der Waals surface area contributed by atoms with Crippen molar-refractivity contribution in [2.75, 3.05) is 5.88 Å². The van der Waals surface area contributed by atoms with Crippen LogP contribution in [0.4, 0.5) is 0 Å². The molecule has 2 atom stereocenters. The average Bonchev–Trinajstić information content (AvgIpc) is 2.36. The first-order valence-corrected chi connectivity index (χ1v) is 8.89. The van der Waals surface area contributed by atoms with Crippen LogP contribution in [0.1, 0.15) is 32.8 Å². The zero-order chi connectivity index (χ0) is 17.0. The van der Waals surface area contributed by atoms with Gasteiger partial charge >= 0.3 is 0 Å². The fraction of sp³-hybridized carbons (Fsp3) is 0.600.